The largest absolute Gasteiger partial charge is 0.495 e. The number of fused-ring (bicyclic) bond motifs is 1. The van der Waals surface area contributed by atoms with Gasteiger partial charge in [-0.25, -0.2) is 0 Å². The maximum atomic E-state index is 12.2. The van der Waals surface area contributed by atoms with Crippen molar-refractivity contribution in [3.63, 3.8) is 0 Å². The molecule has 194 valence electrons. The smallest absolute Gasteiger partial charge is 0.273 e. The predicted octanol–water partition coefficient (Wildman–Crippen LogP) is 4.26. The summed E-state index contributed by atoms with van der Waals surface area (Å²) in [6.45, 7) is 3.91. The third-order valence-corrected chi connectivity index (χ3v) is 7.21. The van der Waals surface area contributed by atoms with Crippen LogP contribution >= 0.6 is 0 Å². The molecule has 2 aliphatic heterocycles. The highest BCUT2D eigenvalue weighted by atomic mass is 16.5. The van der Waals surface area contributed by atoms with Gasteiger partial charge in [0.2, 0.25) is 5.95 Å². The van der Waals surface area contributed by atoms with Crippen LogP contribution in [-0.2, 0) is 11.2 Å². The molecule has 0 saturated carbocycles. The minimum atomic E-state index is -0.719. The molecule has 2 aliphatic rings. The number of para-hydroxylation sites is 1. The number of primary amides is 1. The molecule has 10 heteroatoms. The van der Waals surface area contributed by atoms with Gasteiger partial charge in [0.25, 0.3) is 5.91 Å². The second-order valence-corrected chi connectivity index (χ2v) is 9.55. The quantitative estimate of drug-likeness (QED) is 0.433. The molecule has 10 nitrogen and oxygen atoms in total. The molecule has 1 amide bonds. The number of methoxy groups -OCH3 is 1. The van der Waals surface area contributed by atoms with Gasteiger partial charge in [-0.3, -0.25) is 9.69 Å². The third-order valence-electron chi connectivity index (χ3n) is 7.21. The molecule has 5 rings (SSSR count). The molecule has 0 aliphatic carbocycles. The van der Waals surface area contributed by atoms with Gasteiger partial charge in [-0.2, -0.15) is 4.98 Å². The molecule has 2 unspecified atom stereocenters. The number of anilines is 4. The average Bonchev–Trinajstić information content (AvgIpc) is 2.91. The van der Waals surface area contributed by atoms with E-state index < -0.39 is 5.91 Å². The van der Waals surface area contributed by atoms with Crippen LogP contribution in [0.25, 0.3) is 0 Å². The Morgan fingerprint density at radius 2 is 1.97 bits per heavy atom. The van der Waals surface area contributed by atoms with E-state index in [0.29, 0.717) is 5.75 Å². The summed E-state index contributed by atoms with van der Waals surface area (Å²) in [6.07, 6.45) is 4.02. The number of carbonyl (C=O) groups is 1. The van der Waals surface area contributed by atoms with Crippen LogP contribution in [0.2, 0.25) is 0 Å². The molecule has 1 saturated heterocycles. The SMILES string of the molecule is COc1cc2c(cc1Nc1nnc(C(N)=O)c(Nc3ccccc3C3CCCCO3)n1)C(C)N(C)CC2. The maximum Gasteiger partial charge on any atom is 0.273 e. The van der Waals surface area contributed by atoms with Gasteiger partial charge >= 0.3 is 0 Å². The Balaban J connectivity index is 1.48. The van der Waals surface area contributed by atoms with Gasteiger partial charge in [0.05, 0.1) is 18.9 Å². The minimum absolute atomic E-state index is 0.0262. The van der Waals surface area contributed by atoms with E-state index in [0.717, 1.165) is 55.8 Å². The first-order valence-corrected chi connectivity index (χ1v) is 12.6. The summed E-state index contributed by atoms with van der Waals surface area (Å²) in [5.74, 6) is 0.406. The highest BCUT2D eigenvalue weighted by Gasteiger charge is 2.24. The Labute approximate surface area is 216 Å². The molecule has 0 radical (unpaired) electrons. The van der Waals surface area contributed by atoms with Gasteiger partial charge in [0.15, 0.2) is 11.5 Å². The van der Waals surface area contributed by atoms with Crippen molar-refractivity contribution in [1.82, 2.24) is 20.1 Å². The summed E-state index contributed by atoms with van der Waals surface area (Å²) >= 11 is 0. The molecular weight excluding hydrogens is 470 g/mol. The number of nitrogens with one attached hydrogen (secondary N) is 2. The molecular formula is C27H33N7O3. The molecule has 1 aromatic heterocycles. The Hall–Kier alpha value is -3.76. The van der Waals surface area contributed by atoms with E-state index in [-0.39, 0.29) is 29.6 Å². The van der Waals surface area contributed by atoms with E-state index in [9.17, 15) is 4.79 Å². The lowest BCUT2D eigenvalue weighted by molar-refractivity contribution is 0.0154. The molecule has 0 bridgehead atoms. The molecule has 2 aromatic carbocycles. The number of rotatable bonds is 7. The number of aromatic nitrogens is 3. The second kappa shape index (κ2) is 10.7. The topological polar surface area (TPSA) is 128 Å². The summed E-state index contributed by atoms with van der Waals surface area (Å²) in [7, 11) is 3.76. The lowest BCUT2D eigenvalue weighted by Crippen LogP contribution is -2.30. The Kier molecular flexibility index (Phi) is 7.20. The van der Waals surface area contributed by atoms with Gasteiger partial charge < -0.3 is 25.8 Å². The van der Waals surface area contributed by atoms with Gasteiger partial charge in [0.1, 0.15) is 5.75 Å². The van der Waals surface area contributed by atoms with E-state index in [1.807, 2.05) is 24.3 Å². The van der Waals surface area contributed by atoms with Crippen molar-refractivity contribution in [2.75, 3.05) is 37.9 Å². The lowest BCUT2D eigenvalue weighted by atomic mass is 9.93. The molecule has 0 spiro atoms. The van der Waals surface area contributed by atoms with Crippen molar-refractivity contribution < 1.29 is 14.3 Å². The van der Waals surface area contributed by atoms with Crippen LogP contribution in [0.4, 0.5) is 23.1 Å². The van der Waals surface area contributed by atoms with Crippen molar-refractivity contribution in [2.24, 2.45) is 5.73 Å². The molecule has 1 fully saturated rings. The van der Waals surface area contributed by atoms with Crippen molar-refractivity contribution in [1.29, 1.82) is 0 Å². The summed E-state index contributed by atoms with van der Waals surface area (Å²) in [5, 5.41) is 14.7. The van der Waals surface area contributed by atoms with Crippen LogP contribution in [0.1, 0.15) is 65.5 Å². The van der Waals surface area contributed by atoms with Gasteiger partial charge in [-0.1, -0.05) is 18.2 Å². The number of benzene rings is 2. The summed E-state index contributed by atoms with van der Waals surface area (Å²) < 4.78 is 11.7. The highest BCUT2D eigenvalue weighted by molar-refractivity contribution is 5.96. The molecule has 3 aromatic rings. The molecule has 3 heterocycles. The number of nitrogens with zero attached hydrogens (tertiary/aromatic N) is 4. The molecule has 37 heavy (non-hydrogen) atoms. The van der Waals surface area contributed by atoms with Crippen LogP contribution in [-0.4, -0.2) is 53.3 Å². The summed E-state index contributed by atoms with van der Waals surface area (Å²) in [5.41, 5.74) is 10.6. The highest BCUT2D eigenvalue weighted by Crippen LogP contribution is 2.38. The Morgan fingerprint density at radius 3 is 2.73 bits per heavy atom. The number of nitrogens with two attached hydrogens (primary N) is 1. The standard InChI is InChI=1S/C27H33N7O3/c1-16-19-15-21(23(36-3)14-17(19)11-12-34(16)2)30-27-31-26(24(25(28)35)32-33-27)29-20-9-5-4-8-18(20)22-10-6-7-13-37-22/h4-5,8-9,14-16,22H,6-7,10-13H2,1-3H3,(H2,28,35)(H2,29,30,31,33). The first kappa shape index (κ1) is 24.9. The predicted molar refractivity (Wildman–Crippen MR) is 142 cm³/mol. The fourth-order valence-electron chi connectivity index (χ4n) is 5.00. The van der Waals surface area contributed by atoms with Gasteiger partial charge in [-0.05, 0) is 69.0 Å². The fourth-order valence-corrected chi connectivity index (χ4v) is 5.00. The van der Waals surface area contributed by atoms with Crippen LogP contribution in [0.3, 0.4) is 0 Å². The van der Waals surface area contributed by atoms with Crippen molar-refractivity contribution in [2.45, 2.75) is 44.8 Å². The van der Waals surface area contributed by atoms with E-state index in [4.69, 9.17) is 15.2 Å². The van der Waals surface area contributed by atoms with Crippen LogP contribution in [0, 0.1) is 0 Å². The number of carbonyl (C=O) groups excluding carboxylic acids is 1. The van der Waals surface area contributed by atoms with Gasteiger partial charge in [-0.15, -0.1) is 10.2 Å². The van der Waals surface area contributed by atoms with Crippen molar-refractivity contribution in [3.8, 4) is 5.75 Å². The van der Waals surface area contributed by atoms with E-state index in [2.05, 4.69) is 56.8 Å². The number of ether oxygens (including phenoxy) is 2. The van der Waals surface area contributed by atoms with Gasteiger partial charge in [0, 0.05) is 30.4 Å². The van der Waals surface area contributed by atoms with E-state index in [1.54, 1.807) is 7.11 Å². The van der Waals surface area contributed by atoms with Crippen LogP contribution in [0.15, 0.2) is 36.4 Å². The van der Waals surface area contributed by atoms with Crippen LogP contribution < -0.4 is 21.1 Å². The van der Waals surface area contributed by atoms with Crippen molar-refractivity contribution >= 4 is 29.0 Å². The average molecular weight is 504 g/mol. The monoisotopic (exact) mass is 503 g/mol. The lowest BCUT2D eigenvalue weighted by Gasteiger charge is -2.32. The first-order valence-electron chi connectivity index (χ1n) is 12.6. The molecule has 4 N–H and O–H groups in total. The fraction of sp³-hybridized carbons (Fsp3) is 0.407. The number of hydrogen-bond acceptors (Lipinski definition) is 9. The second-order valence-electron chi connectivity index (χ2n) is 9.55. The number of likely N-dealkylation sites (N-methyl/N-ethyl adjacent to an activating group) is 1. The number of hydrogen-bond donors (Lipinski definition) is 3. The number of amides is 1. The van der Waals surface area contributed by atoms with E-state index >= 15 is 0 Å². The summed E-state index contributed by atoms with van der Waals surface area (Å²) in [4.78, 5) is 19.1. The third kappa shape index (κ3) is 5.21. The Bertz CT molecular complexity index is 1290. The zero-order chi connectivity index (χ0) is 25.9. The first-order chi connectivity index (χ1) is 17.9. The zero-order valence-corrected chi connectivity index (χ0v) is 21.5. The maximum absolute atomic E-state index is 12.2. The van der Waals surface area contributed by atoms with Crippen molar-refractivity contribution in [3.05, 3.63) is 58.8 Å². The minimum Gasteiger partial charge on any atom is -0.495 e. The Morgan fingerprint density at radius 1 is 1.14 bits per heavy atom. The zero-order valence-electron chi connectivity index (χ0n) is 21.5. The normalized spacial score (nSPS) is 19.6. The molecule has 2 atom stereocenters. The van der Waals surface area contributed by atoms with Crippen LogP contribution in [0.5, 0.6) is 5.75 Å². The van der Waals surface area contributed by atoms with E-state index in [1.165, 1.54) is 11.1 Å². The summed E-state index contributed by atoms with van der Waals surface area (Å²) in [6, 6.07) is 12.2.